The number of alkyl halides is 3. The van der Waals surface area contributed by atoms with Crippen molar-refractivity contribution in [2.45, 2.75) is 12.6 Å². The highest BCUT2D eigenvalue weighted by molar-refractivity contribution is 7.21. The Morgan fingerprint density at radius 3 is 2.58 bits per heavy atom. The molecule has 0 radical (unpaired) electrons. The van der Waals surface area contributed by atoms with Crippen molar-refractivity contribution in [1.29, 1.82) is 0 Å². The largest absolute Gasteiger partial charge is 0.499 e. The van der Waals surface area contributed by atoms with E-state index in [1.54, 1.807) is 0 Å². The van der Waals surface area contributed by atoms with Crippen LogP contribution in [-0.4, -0.2) is 10.9 Å². The van der Waals surface area contributed by atoms with Gasteiger partial charge in [-0.2, -0.15) is 13.2 Å². The van der Waals surface area contributed by atoms with Crippen molar-refractivity contribution in [2.24, 2.45) is 0 Å². The molecule has 3 aromatic rings. The third-order valence-corrected chi connectivity index (χ3v) is 4.49. The number of fused-ring (bicyclic) bond motifs is 1. The van der Waals surface area contributed by atoms with Crippen LogP contribution in [-0.2, 0) is 12.6 Å². The molecule has 124 valence electrons. The first-order valence-electron chi connectivity index (χ1n) is 6.86. The first kappa shape index (κ1) is 16.4. The zero-order valence-corrected chi connectivity index (χ0v) is 12.8. The average Bonchev–Trinajstić information content (AvgIpc) is 2.81. The Morgan fingerprint density at radius 1 is 1.12 bits per heavy atom. The lowest BCUT2D eigenvalue weighted by Crippen LogP contribution is -2.07. The molecule has 7 heteroatoms. The van der Waals surface area contributed by atoms with Gasteiger partial charge in [0.15, 0.2) is 10.8 Å². The molecule has 0 fully saturated rings. The van der Waals surface area contributed by atoms with Crippen molar-refractivity contribution >= 4 is 27.2 Å². The Bertz CT molecular complexity index is 928. The highest BCUT2D eigenvalue weighted by atomic mass is 32.1. The molecular weight excluding hydrogens is 344 g/mol. The van der Waals surface area contributed by atoms with Crippen molar-refractivity contribution in [2.75, 3.05) is 0 Å². The van der Waals surface area contributed by atoms with Crippen molar-refractivity contribution < 1.29 is 27.5 Å². The van der Waals surface area contributed by atoms with E-state index in [0.29, 0.717) is 10.1 Å². The van der Waals surface area contributed by atoms with E-state index in [2.05, 4.69) is 0 Å². The standard InChI is InChI=1S/C17H10F4O2S/c18-11-4-5-12-14(8-11)24-16(23)15(12)13(22)7-9-2-1-3-10(6-9)17(19,20)21/h1-6,8,23H,7H2. The maximum Gasteiger partial charge on any atom is 0.416 e. The number of Topliss-reactive ketones (excluding diaryl/α,β-unsaturated/α-hetero) is 1. The molecule has 3 rings (SSSR count). The minimum atomic E-state index is -4.49. The van der Waals surface area contributed by atoms with Crippen LogP contribution >= 0.6 is 11.3 Å². The van der Waals surface area contributed by atoms with Crippen LogP contribution in [0, 0.1) is 5.82 Å². The van der Waals surface area contributed by atoms with Gasteiger partial charge >= 0.3 is 6.18 Å². The molecule has 24 heavy (non-hydrogen) atoms. The number of rotatable bonds is 3. The maximum atomic E-state index is 13.2. The number of hydrogen-bond acceptors (Lipinski definition) is 3. The molecule has 1 N–H and O–H groups in total. The Labute approximate surface area is 138 Å². The Hall–Kier alpha value is -2.41. The second kappa shape index (κ2) is 5.90. The fraction of sp³-hybridized carbons (Fsp3) is 0.118. The molecule has 0 spiro atoms. The molecule has 0 saturated heterocycles. The van der Waals surface area contributed by atoms with E-state index >= 15 is 0 Å². The van der Waals surface area contributed by atoms with E-state index < -0.39 is 23.3 Å². The van der Waals surface area contributed by atoms with Gasteiger partial charge in [0.25, 0.3) is 0 Å². The fourth-order valence-corrected chi connectivity index (χ4v) is 3.44. The molecule has 1 heterocycles. The molecule has 0 amide bonds. The van der Waals surface area contributed by atoms with Gasteiger partial charge < -0.3 is 5.11 Å². The summed E-state index contributed by atoms with van der Waals surface area (Å²) in [6.45, 7) is 0. The van der Waals surface area contributed by atoms with Crippen LogP contribution < -0.4 is 0 Å². The van der Waals surface area contributed by atoms with E-state index in [0.717, 1.165) is 29.5 Å². The molecule has 2 nitrogen and oxygen atoms in total. The van der Waals surface area contributed by atoms with Gasteiger partial charge in [-0.1, -0.05) is 29.5 Å². The smallest absolute Gasteiger partial charge is 0.416 e. The molecule has 2 aromatic carbocycles. The van der Waals surface area contributed by atoms with Gasteiger partial charge in [-0.15, -0.1) is 0 Å². The summed E-state index contributed by atoms with van der Waals surface area (Å²) in [4.78, 5) is 12.4. The number of benzene rings is 2. The lowest BCUT2D eigenvalue weighted by Gasteiger charge is -2.08. The summed E-state index contributed by atoms with van der Waals surface area (Å²) < 4.78 is 51.8. The van der Waals surface area contributed by atoms with Gasteiger partial charge in [-0.05, 0) is 29.8 Å². The quantitative estimate of drug-likeness (QED) is 0.519. The van der Waals surface area contributed by atoms with Crippen LogP contribution in [0.2, 0.25) is 0 Å². The van der Waals surface area contributed by atoms with Crippen LogP contribution in [0.25, 0.3) is 10.1 Å². The zero-order chi connectivity index (χ0) is 17.5. The third kappa shape index (κ3) is 3.12. The molecule has 0 atom stereocenters. The van der Waals surface area contributed by atoms with Crippen molar-refractivity contribution in [3.63, 3.8) is 0 Å². The number of carbonyl (C=O) groups excluding carboxylic acids is 1. The summed E-state index contributed by atoms with van der Waals surface area (Å²) in [5, 5.41) is 10.1. The van der Waals surface area contributed by atoms with Crippen molar-refractivity contribution in [1.82, 2.24) is 0 Å². The summed E-state index contributed by atoms with van der Waals surface area (Å²) in [5.74, 6) is -1.02. The van der Waals surface area contributed by atoms with Gasteiger partial charge in [0.2, 0.25) is 0 Å². The van der Waals surface area contributed by atoms with E-state index in [-0.39, 0.29) is 22.6 Å². The van der Waals surface area contributed by atoms with Gasteiger partial charge in [0.05, 0.1) is 11.1 Å². The van der Waals surface area contributed by atoms with Gasteiger partial charge in [0.1, 0.15) is 5.82 Å². The van der Waals surface area contributed by atoms with Gasteiger partial charge in [-0.25, -0.2) is 4.39 Å². The number of thiophene rings is 1. The summed E-state index contributed by atoms with van der Waals surface area (Å²) in [5.41, 5.74) is -0.641. The van der Waals surface area contributed by atoms with E-state index in [1.165, 1.54) is 24.3 Å². The molecule has 0 bridgehead atoms. The van der Waals surface area contributed by atoms with E-state index in [9.17, 15) is 27.5 Å². The molecular formula is C17H10F4O2S. The summed E-state index contributed by atoms with van der Waals surface area (Å²) in [6.07, 6.45) is -4.78. The number of carbonyl (C=O) groups is 1. The van der Waals surface area contributed by atoms with E-state index in [1.807, 2.05) is 0 Å². The molecule has 1 aromatic heterocycles. The summed E-state index contributed by atoms with van der Waals surface area (Å²) in [6, 6.07) is 8.21. The lowest BCUT2D eigenvalue weighted by atomic mass is 10.0. The predicted molar refractivity (Wildman–Crippen MR) is 82.9 cm³/mol. The van der Waals surface area contributed by atoms with Crippen molar-refractivity contribution in [3.05, 3.63) is 65.0 Å². The van der Waals surface area contributed by atoms with Gasteiger partial charge in [-0.3, -0.25) is 4.79 Å². The minimum absolute atomic E-state index is 0.00686. The van der Waals surface area contributed by atoms with Crippen LogP contribution in [0.3, 0.4) is 0 Å². The number of ketones is 1. The van der Waals surface area contributed by atoms with Crippen LogP contribution in [0.5, 0.6) is 5.06 Å². The summed E-state index contributed by atoms with van der Waals surface area (Å²) >= 11 is 0.854. The first-order valence-corrected chi connectivity index (χ1v) is 7.67. The van der Waals surface area contributed by atoms with Crippen molar-refractivity contribution in [3.8, 4) is 5.06 Å². The number of hydrogen-bond donors (Lipinski definition) is 1. The molecule has 0 aliphatic rings. The highest BCUT2D eigenvalue weighted by Gasteiger charge is 2.30. The van der Waals surface area contributed by atoms with Crippen LogP contribution in [0.15, 0.2) is 42.5 Å². The third-order valence-electron chi connectivity index (χ3n) is 3.53. The second-order valence-corrected chi connectivity index (χ2v) is 6.25. The number of aromatic hydroxyl groups is 1. The van der Waals surface area contributed by atoms with Crippen LogP contribution in [0.1, 0.15) is 21.5 Å². The Balaban J connectivity index is 1.95. The topological polar surface area (TPSA) is 37.3 Å². The summed E-state index contributed by atoms with van der Waals surface area (Å²) in [7, 11) is 0. The maximum absolute atomic E-state index is 13.2. The Kier molecular flexibility index (Phi) is 4.04. The Morgan fingerprint density at radius 2 is 1.88 bits per heavy atom. The molecule has 0 saturated carbocycles. The van der Waals surface area contributed by atoms with Gasteiger partial charge in [0, 0.05) is 16.5 Å². The fourth-order valence-electron chi connectivity index (χ4n) is 2.46. The molecule has 0 aliphatic carbocycles. The highest BCUT2D eigenvalue weighted by Crippen LogP contribution is 2.38. The monoisotopic (exact) mass is 354 g/mol. The van der Waals surface area contributed by atoms with E-state index in [4.69, 9.17) is 0 Å². The predicted octanol–water partition coefficient (Wildman–Crippen LogP) is 5.19. The SMILES string of the molecule is O=C(Cc1cccc(C(F)(F)F)c1)c1c(O)sc2cc(F)ccc12. The normalized spacial score (nSPS) is 11.8. The first-order chi connectivity index (χ1) is 11.3. The lowest BCUT2D eigenvalue weighted by molar-refractivity contribution is -0.137. The minimum Gasteiger partial charge on any atom is -0.499 e. The van der Waals surface area contributed by atoms with Crippen LogP contribution in [0.4, 0.5) is 17.6 Å². The molecule has 0 aliphatic heterocycles. The average molecular weight is 354 g/mol. The zero-order valence-electron chi connectivity index (χ0n) is 12.0. The number of halogens is 4. The molecule has 0 unspecified atom stereocenters. The second-order valence-electron chi connectivity index (χ2n) is 5.22.